The zero-order valence-corrected chi connectivity index (χ0v) is 11.6. The third-order valence-corrected chi connectivity index (χ3v) is 3.48. The topological polar surface area (TPSA) is 12.0 Å². The highest BCUT2D eigenvalue weighted by atomic mass is 35.5. The van der Waals surface area contributed by atoms with Crippen LogP contribution in [0.1, 0.15) is 5.56 Å². The molecule has 0 bridgehead atoms. The van der Waals surface area contributed by atoms with E-state index in [1.807, 2.05) is 37.2 Å². The van der Waals surface area contributed by atoms with Crippen LogP contribution in [0, 0.1) is 0 Å². The second kappa shape index (κ2) is 6.17. The van der Waals surface area contributed by atoms with E-state index in [0.29, 0.717) is 16.6 Å². The van der Waals surface area contributed by atoms with Gasteiger partial charge in [0.05, 0.1) is 0 Å². The van der Waals surface area contributed by atoms with Crippen molar-refractivity contribution in [3.63, 3.8) is 0 Å². The van der Waals surface area contributed by atoms with Gasteiger partial charge in [0.2, 0.25) is 0 Å². The fraction of sp³-hybridized carbons (Fsp3) is 0.143. The summed E-state index contributed by atoms with van der Waals surface area (Å²) in [5, 5.41) is 4.69. The van der Waals surface area contributed by atoms with Gasteiger partial charge in [-0.2, -0.15) is 0 Å². The van der Waals surface area contributed by atoms with Crippen molar-refractivity contribution in [1.82, 2.24) is 0 Å². The minimum atomic E-state index is 0.619. The van der Waals surface area contributed by atoms with Crippen LogP contribution in [0.25, 0.3) is 0 Å². The molecule has 0 aromatic heterocycles. The molecule has 18 heavy (non-hydrogen) atoms. The molecule has 2 aromatic carbocycles. The maximum Gasteiger partial charge on any atom is 0.148 e. The van der Waals surface area contributed by atoms with Gasteiger partial charge in [0.15, 0.2) is 0 Å². The van der Waals surface area contributed by atoms with E-state index in [1.54, 1.807) is 0 Å². The number of hydrogen-bond acceptors (Lipinski definition) is 1. The highest BCUT2D eigenvalue weighted by Crippen LogP contribution is 2.24. The second-order valence-electron chi connectivity index (χ2n) is 3.96. The van der Waals surface area contributed by atoms with Crippen LogP contribution in [0.5, 0.6) is 0 Å². The average Bonchev–Trinajstić information content (AvgIpc) is 2.39. The van der Waals surface area contributed by atoms with Gasteiger partial charge in [0.1, 0.15) is 7.28 Å². The molecule has 2 rings (SSSR count). The van der Waals surface area contributed by atoms with Gasteiger partial charge in [-0.3, -0.25) is 0 Å². The molecule has 1 nitrogen and oxygen atoms in total. The first-order valence-electron chi connectivity index (χ1n) is 5.77. The summed E-state index contributed by atoms with van der Waals surface area (Å²) in [5.41, 5.74) is 3.18. The molecule has 0 aliphatic rings. The highest BCUT2D eigenvalue weighted by Gasteiger charge is 2.04. The molecule has 0 amide bonds. The van der Waals surface area contributed by atoms with Crippen molar-refractivity contribution in [2.75, 3.05) is 5.32 Å². The number of benzene rings is 2. The van der Waals surface area contributed by atoms with Crippen LogP contribution in [0.3, 0.4) is 0 Å². The van der Waals surface area contributed by atoms with Crippen LogP contribution < -0.4 is 10.8 Å². The molecule has 2 aromatic rings. The third kappa shape index (κ3) is 3.21. The summed E-state index contributed by atoms with van der Waals surface area (Å²) in [6.07, 6.45) is 0. The molecule has 0 spiro atoms. The first-order valence-corrected chi connectivity index (χ1v) is 6.52. The molecule has 0 fully saturated rings. The molecular formula is C14H13BCl2N. The predicted molar refractivity (Wildman–Crippen MR) is 81.5 cm³/mol. The Morgan fingerprint density at radius 3 is 2.17 bits per heavy atom. The molecular weight excluding hydrogens is 264 g/mol. The molecule has 0 saturated carbocycles. The van der Waals surface area contributed by atoms with Crippen molar-refractivity contribution in [1.29, 1.82) is 0 Å². The predicted octanol–water partition coefficient (Wildman–Crippen LogP) is 3.98. The Morgan fingerprint density at radius 1 is 1.00 bits per heavy atom. The second-order valence-corrected chi connectivity index (χ2v) is 4.78. The normalized spacial score (nSPS) is 10.2. The van der Waals surface area contributed by atoms with Gasteiger partial charge in [-0.25, -0.2) is 0 Å². The molecule has 0 unspecified atom stereocenters. The zero-order valence-electron chi connectivity index (χ0n) is 10.1. The summed E-state index contributed by atoms with van der Waals surface area (Å²) in [6, 6.07) is 13.8. The van der Waals surface area contributed by atoms with E-state index in [0.717, 1.165) is 11.3 Å². The lowest BCUT2D eigenvalue weighted by Gasteiger charge is -2.10. The van der Waals surface area contributed by atoms with Crippen LogP contribution in [0.4, 0.5) is 5.69 Å². The van der Waals surface area contributed by atoms with E-state index in [4.69, 9.17) is 23.2 Å². The fourth-order valence-corrected chi connectivity index (χ4v) is 2.22. The van der Waals surface area contributed by atoms with Crippen LogP contribution in [-0.4, -0.2) is 7.28 Å². The zero-order chi connectivity index (χ0) is 13.0. The van der Waals surface area contributed by atoms with Gasteiger partial charge in [0, 0.05) is 27.8 Å². The minimum Gasteiger partial charge on any atom is -0.381 e. The molecule has 0 atom stereocenters. The van der Waals surface area contributed by atoms with E-state index in [9.17, 15) is 0 Å². The minimum absolute atomic E-state index is 0.619. The fourth-order valence-electron chi connectivity index (χ4n) is 1.69. The summed E-state index contributed by atoms with van der Waals surface area (Å²) in [5.74, 6) is 0. The van der Waals surface area contributed by atoms with Gasteiger partial charge in [0.25, 0.3) is 0 Å². The van der Waals surface area contributed by atoms with E-state index in [1.165, 1.54) is 5.46 Å². The molecule has 4 heteroatoms. The van der Waals surface area contributed by atoms with Gasteiger partial charge in [-0.05, 0) is 24.3 Å². The van der Waals surface area contributed by atoms with Crippen LogP contribution in [-0.2, 0) is 6.54 Å². The van der Waals surface area contributed by atoms with Crippen molar-refractivity contribution in [3.05, 3.63) is 58.1 Å². The van der Waals surface area contributed by atoms with E-state index in [-0.39, 0.29) is 0 Å². The van der Waals surface area contributed by atoms with Crippen molar-refractivity contribution < 1.29 is 0 Å². The van der Waals surface area contributed by atoms with Crippen LogP contribution in [0.2, 0.25) is 16.9 Å². The lowest BCUT2D eigenvalue weighted by molar-refractivity contribution is 1.15. The lowest BCUT2D eigenvalue weighted by Crippen LogP contribution is -2.10. The number of halogens is 2. The largest absolute Gasteiger partial charge is 0.381 e. The lowest BCUT2D eigenvalue weighted by atomic mass is 9.73. The number of anilines is 1. The Balaban J connectivity index is 2.06. The number of rotatable bonds is 4. The Morgan fingerprint density at radius 2 is 1.61 bits per heavy atom. The molecule has 0 heterocycles. The van der Waals surface area contributed by atoms with Gasteiger partial charge < -0.3 is 5.32 Å². The smallest absolute Gasteiger partial charge is 0.148 e. The molecule has 0 saturated heterocycles. The first kappa shape index (κ1) is 13.3. The molecule has 1 radical (unpaired) electrons. The van der Waals surface area contributed by atoms with E-state index in [2.05, 4.69) is 24.7 Å². The van der Waals surface area contributed by atoms with Crippen LogP contribution in [0.15, 0.2) is 42.5 Å². The monoisotopic (exact) mass is 276 g/mol. The molecule has 0 aliphatic heterocycles. The van der Waals surface area contributed by atoms with Gasteiger partial charge in [-0.1, -0.05) is 53.7 Å². The highest BCUT2D eigenvalue weighted by molar-refractivity contribution is 6.51. The summed E-state index contributed by atoms with van der Waals surface area (Å²) in [4.78, 5) is 0. The Hall–Kier alpha value is -1.12. The van der Waals surface area contributed by atoms with E-state index < -0.39 is 0 Å². The van der Waals surface area contributed by atoms with Gasteiger partial charge in [-0.15, -0.1) is 0 Å². The SMILES string of the molecule is C[B]c1ccc(NCc2c(Cl)cccc2Cl)cc1. The summed E-state index contributed by atoms with van der Waals surface area (Å²) < 4.78 is 0. The van der Waals surface area contributed by atoms with Crippen molar-refractivity contribution in [2.45, 2.75) is 13.4 Å². The standard InChI is InChI=1S/C14H13BCl2N/c1-15-10-5-7-11(8-6-10)18-9-12-13(16)3-2-4-14(12)17/h2-8,18H,9H2,1H3. The average molecular weight is 277 g/mol. The van der Waals surface area contributed by atoms with Crippen molar-refractivity contribution in [3.8, 4) is 0 Å². The quantitative estimate of drug-likeness (QED) is 0.833. The molecule has 1 N–H and O–H groups in total. The summed E-state index contributed by atoms with van der Waals surface area (Å²) in [6.45, 7) is 2.64. The number of nitrogens with one attached hydrogen (secondary N) is 1. The molecule has 91 valence electrons. The Labute approximate surface area is 118 Å². The van der Waals surface area contributed by atoms with Crippen LogP contribution >= 0.6 is 23.2 Å². The maximum absolute atomic E-state index is 6.11. The van der Waals surface area contributed by atoms with E-state index >= 15 is 0 Å². The maximum atomic E-state index is 6.11. The Kier molecular flexibility index (Phi) is 4.57. The summed E-state index contributed by atoms with van der Waals surface area (Å²) >= 11 is 12.2. The number of hydrogen-bond donors (Lipinski definition) is 1. The van der Waals surface area contributed by atoms with Gasteiger partial charge >= 0.3 is 0 Å². The Bertz CT molecular complexity index is 506. The van der Waals surface area contributed by atoms with Crippen molar-refractivity contribution >= 4 is 41.6 Å². The third-order valence-electron chi connectivity index (χ3n) is 2.77. The summed E-state index contributed by atoms with van der Waals surface area (Å²) in [7, 11) is 2.06. The molecule has 0 aliphatic carbocycles. The first-order chi connectivity index (χ1) is 8.70. The van der Waals surface area contributed by atoms with Crippen molar-refractivity contribution in [2.24, 2.45) is 0 Å².